The Morgan fingerprint density at radius 2 is 1.83 bits per heavy atom. The highest BCUT2D eigenvalue weighted by Gasteiger charge is 2.43. The molecule has 156 valence electrons. The summed E-state index contributed by atoms with van der Waals surface area (Å²) in [4.78, 5) is 51.2. The van der Waals surface area contributed by atoms with Gasteiger partial charge in [-0.05, 0) is 50.3 Å². The molecular weight excluding hydrogens is 398 g/mol. The van der Waals surface area contributed by atoms with Crippen LogP contribution < -0.4 is 5.32 Å². The molecule has 0 aliphatic carbocycles. The molecule has 1 aromatic carbocycles. The maximum atomic E-state index is 12.6. The van der Waals surface area contributed by atoms with E-state index in [0.29, 0.717) is 17.8 Å². The lowest BCUT2D eigenvalue weighted by Crippen LogP contribution is -2.41. The van der Waals surface area contributed by atoms with Crippen LogP contribution in [0.4, 0.5) is 5.69 Å². The van der Waals surface area contributed by atoms with Gasteiger partial charge in [0.1, 0.15) is 12.6 Å². The first-order valence-electron chi connectivity index (χ1n) is 9.08. The lowest BCUT2D eigenvalue weighted by atomic mass is 10.1. The summed E-state index contributed by atoms with van der Waals surface area (Å²) in [5, 5.41) is 2.87. The molecule has 10 heteroatoms. The fourth-order valence-corrected chi connectivity index (χ4v) is 3.27. The fraction of sp³-hybridized carbons (Fsp3) is 0.421. The molecule has 1 N–H and O–H groups in total. The van der Waals surface area contributed by atoms with Crippen molar-refractivity contribution in [2.24, 2.45) is 0 Å². The van der Waals surface area contributed by atoms with Crippen LogP contribution in [-0.4, -0.2) is 71.5 Å². The van der Waals surface area contributed by atoms with Crippen LogP contribution in [0.15, 0.2) is 24.3 Å². The number of methoxy groups -OCH3 is 1. The average Bonchev–Trinajstić information content (AvgIpc) is 2.91. The van der Waals surface area contributed by atoms with Gasteiger partial charge in [0.25, 0.3) is 5.91 Å². The van der Waals surface area contributed by atoms with E-state index in [-0.39, 0.29) is 30.6 Å². The molecule has 0 radical (unpaired) electrons. The summed E-state index contributed by atoms with van der Waals surface area (Å²) in [7, 11) is 1.24. The third kappa shape index (κ3) is 5.29. The molecule has 0 saturated carbocycles. The van der Waals surface area contributed by atoms with Crippen LogP contribution in [0.5, 0.6) is 0 Å². The summed E-state index contributed by atoms with van der Waals surface area (Å²) in [6, 6.07) is 5.31. The third-order valence-corrected chi connectivity index (χ3v) is 4.76. The zero-order valence-corrected chi connectivity index (χ0v) is 17.3. The Kier molecular flexibility index (Phi) is 7.66. The van der Waals surface area contributed by atoms with Gasteiger partial charge >= 0.3 is 11.9 Å². The van der Waals surface area contributed by atoms with Crippen molar-refractivity contribution in [1.29, 1.82) is 0 Å². The number of ether oxygens (including phenoxy) is 2. The molecule has 1 aliphatic rings. The normalized spacial score (nSPS) is 16.0. The number of nitrogens with zero attached hydrogens (tertiary/aromatic N) is 2. The van der Waals surface area contributed by atoms with Gasteiger partial charge in [-0.15, -0.1) is 0 Å². The van der Waals surface area contributed by atoms with E-state index in [2.05, 4.69) is 10.1 Å². The minimum Gasteiger partial charge on any atom is -0.468 e. The highest BCUT2D eigenvalue weighted by Crippen LogP contribution is 2.21. The van der Waals surface area contributed by atoms with Crippen LogP contribution in [-0.2, 0) is 23.9 Å². The van der Waals surface area contributed by atoms with Gasteiger partial charge < -0.3 is 19.7 Å². The zero-order valence-electron chi connectivity index (χ0n) is 16.5. The molecule has 1 aliphatic heterocycles. The Morgan fingerprint density at radius 3 is 2.38 bits per heavy atom. The van der Waals surface area contributed by atoms with Gasteiger partial charge in [-0.25, -0.2) is 4.79 Å². The fourth-order valence-electron chi connectivity index (χ4n) is 2.86. The Labute approximate surface area is 173 Å². The quantitative estimate of drug-likeness (QED) is 0.493. The Hall–Kier alpha value is -3.01. The van der Waals surface area contributed by atoms with Gasteiger partial charge in [-0.1, -0.05) is 0 Å². The standard InChI is InChI=1S/C19H23N3O6S/c1-4-21-17(25)14(22(19(21)29)11-16(24)27-3)10-15(23)20-13-8-6-12(7-9-13)18(26)28-5-2/h6-9,14H,4-5,10-11H2,1-3H3,(H,20,23). The van der Waals surface area contributed by atoms with Crippen molar-refractivity contribution in [2.75, 3.05) is 32.1 Å². The SMILES string of the molecule is CCOC(=O)c1ccc(NC(=O)CC2C(=O)N(CC)C(=S)N2CC(=O)OC)cc1. The molecule has 0 spiro atoms. The van der Waals surface area contributed by atoms with Crippen LogP contribution in [0.2, 0.25) is 0 Å². The Balaban J connectivity index is 2.07. The summed E-state index contributed by atoms with van der Waals surface area (Å²) in [5.74, 6) is -1.77. The third-order valence-electron chi connectivity index (χ3n) is 4.31. The van der Waals surface area contributed by atoms with Crippen LogP contribution in [0.3, 0.4) is 0 Å². The number of likely N-dealkylation sites (N-methyl/N-ethyl adjacent to an activating group) is 1. The molecular formula is C19H23N3O6S. The lowest BCUT2D eigenvalue weighted by Gasteiger charge is -2.22. The van der Waals surface area contributed by atoms with Gasteiger partial charge in [0.15, 0.2) is 5.11 Å². The van der Waals surface area contributed by atoms with Crippen LogP contribution in [0.25, 0.3) is 0 Å². The molecule has 1 saturated heterocycles. The molecule has 0 aromatic heterocycles. The monoisotopic (exact) mass is 421 g/mol. The van der Waals surface area contributed by atoms with Gasteiger partial charge in [-0.2, -0.15) is 0 Å². The maximum Gasteiger partial charge on any atom is 0.338 e. The summed E-state index contributed by atoms with van der Waals surface area (Å²) in [6.45, 7) is 3.86. The summed E-state index contributed by atoms with van der Waals surface area (Å²) >= 11 is 5.27. The second kappa shape index (κ2) is 9.97. The predicted molar refractivity (Wildman–Crippen MR) is 108 cm³/mol. The predicted octanol–water partition coefficient (Wildman–Crippen LogP) is 1.18. The minimum absolute atomic E-state index is 0.188. The number of anilines is 1. The zero-order chi connectivity index (χ0) is 21.6. The molecule has 1 atom stereocenters. The summed E-state index contributed by atoms with van der Waals surface area (Å²) < 4.78 is 9.56. The van der Waals surface area contributed by atoms with Crippen LogP contribution in [0, 0.1) is 0 Å². The number of hydrogen-bond acceptors (Lipinski definition) is 7. The molecule has 9 nitrogen and oxygen atoms in total. The molecule has 1 heterocycles. The number of benzene rings is 1. The van der Waals surface area contributed by atoms with Crippen LogP contribution >= 0.6 is 12.2 Å². The summed E-state index contributed by atoms with van der Waals surface area (Å²) in [6.07, 6.45) is -0.188. The number of rotatable bonds is 8. The van der Waals surface area contributed by atoms with Crippen molar-refractivity contribution in [3.63, 3.8) is 0 Å². The molecule has 2 rings (SSSR count). The number of hydrogen-bond donors (Lipinski definition) is 1. The van der Waals surface area contributed by atoms with E-state index in [1.54, 1.807) is 26.0 Å². The second-order valence-corrected chi connectivity index (χ2v) is 6.50. The highest BCUT2D eigenvalue weighted by molar-refractivity contribution is 7.80. The van der Waals surface area contributed by atoms with E-state index in [0.717, 1.165) is 0 Å². The van der Waals surface area contributed by atoms with Crippen LogP contribution in [0.1, 0.15) is 30.6 Å². The Bertz CT molecular complexity index is 811. The van der Waals surface area contributed by atoms with Crippen molar-refractivity contribution >= 4 is 46.8 Å². The maximum absolute atomic E-state index is 12.6. The first-order chi connectivity index (χ1) is 13.8. The number of carbonyl (C=O) groups excluding carboxylic acids is 4. The molecule has 0 bridgehead atoms. The molecule has 2 amide bonds. The lowest BCUT2D eigenvalue weighted by molar-refractivity contribution is -0.141. The molecule has 1 aromatic rings. The van der Waals surface area contributed by atoms with Crippen molar-refractivity contribution in [3.8, 4) is 0 Å². The van der Waals surface area contributed by atoms with Gasteiger partial charge in [0.2, 0.25) is 5.91 Å². The second-order valence-electron chi connectivity index (χ2n) is 6.14. The summed E-state index contributed by atoms with van der Waals surface area (Å²) in [5.41, 5.74) is 0.826. The molecule has 1 fully saturated rings. The first-order valence-corrected chi connectivity index (χ1v) is 9.49. The molecule has 1 unspecified atom stereocenters. The topological polar surface area (TPSA) is 105 Å². The van der Waals surface area contributed by atoms with E-state index in [1.807, 2.05) is 0 Å². The van der Waals surface area contributed by atoms with Crippen molar-refractivity contribution in [2.45, 2.75) is 26.3 Å². The van der Waals surface area contributed by atoms with E-state index in [4.69, 9.17) is 17.0 Å². The highest BCUT2D eigenvalue weighted by atomic mass is 32.1. The van der Waals surface area contributed by atoms with Gasteiger partial charge in [0.05, 0.1) is 25.7 Å². The number of amides is 2. The van der Waals surface area contributed by atoms with E-state index >= 15 is 0 Å². The number of nitrogens with one attached hydrogen (secondary N) is 1. The number of esters is 2. The Morgan fingerprint density at radius 1 is 1.17 bits per heavy atom. The molecule has 29 heavy (non-hydrogen) atoms. The average molecular weight is 421 g/mol. The van der Waals surface area contributed by atoms with E-state index in [9.17, 15) is 19.2 Å². The first kappa shape index (κ1) is 22.3. The smallest absolute Gasteiger partial charge is 0.338 e. The van der Waals surface area contributed by atoms with Gasteiger partial charge in [0, 0.05) is 12.2 Å². The van der Waals surface area contributed by atoms with Crippen molar-refractivity contribution in [1.82, 2.24) is 9.80 Å². The largest absolute Gasteiger partial charge is 0.468 e. The number of carbonyl (C=O) groups is 4. The van der Waals surface area contributed by atoms with Crippen molar-refractivity contribution in [3.05, 3.63) is 29.8 Å². The van der Waals surface area contributed by atoms with E-state index in [1.165, 1.54) is 29.0 Å². The number of thiocarbonyl (C=S) groups is 1. The minimum atomic E-state index is -0.889. The van der Waals surface area contributed by atoms with Crippen molar-refractivity contribution < 1.29 is 28.7 Å². The van der Waals surface area contributed by atoms with E-state index < -0.39 is 23.9 Å². The van der Waals surface area contributed by atoms with Gasteiger partial charge in [-0.3, -0.25) is 19.3 Å².